The predicted octanol–water partition coefficient (Wildman–Crippen LogP) is 1.59. The number of thiol groups is 1. The van der Waals surface area contributed by atoms with Gasteiger partial charge in [-0.15, -0.1) is 0 Å². The van der Waals surface area contributed by atoms with Gasteiger partial charge in [-0.1, -0.05) is 8.93 Å². The minimum atomic E-state index is 0.936. The molecule has 0 radical (unpaired) electrons. The van der Waals surface area contributed by atoms with E-state index in [0.29, 0.717) is 0 Å². The topological polar surface area (TPSA) is 12.0 Å². The number of rotatable bonds is 5. The molecule has 0 saturated heterocycles. The van der Waals surface area contributed by atoms with Crippen LogP contribution >= 0.6 is 42.8 Å². The second-order valence-corrected chi connectivity index (χ2v) is 4.23. The first kappa shape index (κ1) is 9.39. The van der Waals surface area contributed by atoms with Gasteiger partial charge in [0.15, 0.2) is 0 Å². The monoisotopic (exact) mass is 263 g/mol. The van der Waals surface area contributed by atoms with Crippen LogP contribution in [0.4, 0.5) is 0 Å². The van der Waals surface area contributed by atoms with Crippen LogP contribution in [0.2, 0.25) is 0 Å². The number of nitrogens with one attached hydrogen (secondary N) is 1. The lowest BCUT2D eigenvalue weighted by Crippen LogP contribution is -2.18. The summed E-state index contributed by atoms with van der Waals surface area (Å²) in [6.45, 7) is 2.13. The first-order valence-corrected chi connectivity index (χ1v) is 6.63. The molecule has 0 fully saturated rings. The van der Waals surface area contributed by atoms with Crippen molar-refractivity contribution in [2.24, 2.45) is 0 Å². The summed E-state index contributed by atoms with van der Waals surface area (Å²) in [4.78, 5) is 0. The van der Waals surface area contributed by atoms with Crippen molar-refractivity contribution in [1.82, 2.24) is 5.32 Å². The highest BCUT2D eigenvalue weighted by atomic mass is 127. The highest BCUT2D eigenvalue weighted by molar-refractivity contribution is 14.2. The molecule has 0 amide bonds. The molecule has 0 saturated carbocycles. The molecule has 0 aromatic rings. The molecule has 0 aromatic heterocycles. The summed E-state index contributed by atoms with van der Waals surface area (Å²) in [5.74, 6) is 2.13. The smallest absolute Gasteiger partial charge is 0.0159 e. The van der Waals surface area contributed by atoms with E-state index in [1.54, 1.807) is 0 Å². The van der Waals surface area contributed by atoms with Crippen LogP contribution in [0.25, 0.3) is 0 Å². The van der Waals surface area contributed by atoms with Crippen molar-refractivity contribution in [3.05, 3.63) is 0 Å². The van der Waals surface area contributed by atoms with E-state index in [4.69, 9.17) is 0 Å². The Morgan fingerprint density at radius 2 is 2.25 bits per heavy atom. The van der Waals surface area contributed by atoms with E-state index in [1.807, 2.05) is 8.93 Å². The molecular weight excluding hydrogens is 253 g/mol. The quantitative estimate of drug-likeness (QED) is 0.444. The summed E-state index contributed by atoms with van der Waals surface area (Å²) in [6.07, 6.45) is 0. The van der Waals surface area contributed by atoms with Crippen molar-refractivity contribution in [2.45, 2.75) is 0 Å². The Morgan fingerprint density at radius 1 is 1.50 bits per heavy atom. The molecule has 4 heteroatoms. The van der Waals surface area contributed by atoms with Crippen LogP contribution in [-0.2, 0) is 0 Å². The maximum Gasteiger partial charge on any atom is 0.0159 e. The highest BCUT2D eigenvalue weighted by Gasteiger charge is 1.82. The molecule has 0 aromatic carbocycles. The van der Waals surface area contributed by atoms with Gasteiger partial charge in [-0.2, -0.15) is 12.6 Å². The van der Waals surface area contributed by atoms with Gasteiger partial charge in [0.2, 0.25) is 0 Å². The van der Waals surface area contributed by atoms with Gasteiger partial charge < -0.3 is 5.32 Å². The molecule has 0 bridgehead atoms. The van der Waals surface area contributed by atoms with Crippen LogP contribution in [0.15, 0.2) is 0 Å². The molecular formula is C4H10INS2. The van der Waals surface area contributed by atoms with E-state index < -0.39 is 0 Å². The van der Waals surface area contributed by atoms with Crippen molar-refractivity contribution in [2.75, 3.05) is 24.6 Å². The average Bonchev–Trinajstić information content (AvgIpc) is 1.81. The largest absolute Gasteiger partial charge is 0.315 e. The van der Waals surface area contributed by atoms with Crippen LogP contribution in [0, 0.1) is 0 Å². The Kier molecular flexibility index (Phi) is 9.85. The Morgan fingerprint density at radius 3 is 2.75 bits per heavy atom. The Balaban J connectivity index is 2.53. The van der Waals surface area contributed by atoms with E-state index in [9.17, 15) is 0 Å². The van der Waals surface area contributed by atoms with Gasteiger partial charge in [-0.3, -0.25) is 0 Å². The van der Waals surface area contributed by atoms with Crippen LogP contribution in [0.5, 0.6) is 0 Å². The zero-order valence-electron chi connectivity index (χ0n) is 4.56. The molecule has 1 N–H and O–H groups in total. The lowest BCUT2D eigenvalue weighted by Gasteiger charge is -1.96. The van der Waals surface area contributed by atoms with Crippen molar-refractivity contribution in [3.63, 3.8) is 0 Å². The lowest BCUT2D eigenvalue weighted by molar-refractivity contribution is 0.776. The van der Waals surface area contributed by atoms with E-state index in [1.165, 1.54) is 5.75 Å². The van der Waals surface area contributed by atoms with Gasteiger partial charge in [0.25, 0.3) is 0 Å². The van der Waals surface area contributed by atoms with E-state index in [0.717, 1.165) is 18.8 Å². The molecule has 50 valence electrons. The first-order chi connectivity index (χ1) is 3.91. The van der Waals surface area contributed by atoms with Crippen LogP contribution in [-0.4, -0.2) is 24.6 Å². The summed E-state index contributed by atoms with van der Waals surface area (Å²) in [6, 6.07) is 0. The SMILES string of the molecule is SCCNCCSI. The van der Waals surface area contributed by atoms with Crippen LogP contribution < -0.4 is 5.32 Å². The molecule has 8 heavy (non-hydrogen) atoms. The maximum atomic E-state index is 4.05. The third kappa shape index (κ3) is 7.39. The normalized spacial score (nSPS) is 9.75. The number of halogens is 1. The summed E-state index contributed by atoms with van der Waals surface area (Å²) in [7, 11) is 1.83. The number of hydrogen-bond acceptors (Lipinski definition) is 3. The van der Waals surface area contributed by atoms with Crippen molar-refractivity contribution in [3.8, 4) is 0 Å². The summed E-state index contributed by atoms with van der Waals surface area (Å²) in [5, 5.41) is 3.23. The van der Waals surface area contributed by atoms with E-state index in [2.05, 4.69) is 39.2 Å². The molecule has 0 heterocycles. The Bertz CT molecular complexity index is 39.0. The minimum Gasteiger partial charge on any atom is -0.315 e. The summed E-state index contributed by atoms with van der Waals surface area (Å²) >= 11 is 6.35. The van der Waals surface area contributed by atoms with Crippen molar-refractivity contribution >= 4 is 42.8 Å². The third-order valence-corrected chi connectivity index (χ3v) is 2.55. The molecule has 0 aliphatic heterocycles. The molecule has 0 aliphatic carbocycles. The molecule has 0 aliphatic rings. The zero-order valence-corrected chi connectivity index (χ0v) is 8.43. The van der Waals surface area contributed by atoms with Gasteiger partial charge in [-0.05, 0) is 21.2 Å². The fourth-order valence-electron chi connectivity index (χ4n) is 0.315. The van der Waals surface area contributed by atoms with Crippen LogP contribution in [0.3, 0.4) is 0 Å². The zero-order chi connectivity index (χ0) is 6.24. The second-order valence-electron chi connectivity index (χ2n) is 1.29. The van der Waals surface area contributed by atoms with Gasteiger partial charge >= 0.3 is 0 Å². The fraction of sp³-hybridized carbons (Fsp3) is 1.00. The van der Waals surface area contributed by atoms with Gasteiger partial charge in [0, 0.05) is 24.6 Å². The standard InChI is InChI=1S/C4H10INS2/c5-8-4-2-6-1-3-7/h6-7H,1-4H2. The van der Waals surface area contributed by atoms with Gasteiger partial charge in [0.1, 0.15) is 0 Å². The molecule has 0 unspecified atom stereocenters. The Labute approximate surface area is 72.4 Å². The van der Waals surface area contributed by atoms with E-state index >= 15 is 0 Å². The molecule has 0 rings (SSSR count). The second kappa shape index (κ2) is 8.39. The van der Waals surface area contributed by atoms with Crippen molar-refractivity contribution in [1.29, 1.82) is 0 Å². The average molecular weight is 263 g/mol. The molecule has 1 nitrogen and oxygen atoms in total. The lowest BCUT2D eigenvalue weighted by atomic mass is 10.7. The Hall–Kier alpha value is 1.39. The maximum absolute atomic E-state index is 4.05. The predicted molar refractivity (Wildman–Crippen MR) is 53.2 cm³/mol. The van der Waals surface area contributed by atoms with Gasteiger partial charge in [-0.25, -0.2) is 0 Å². The molecule has 0 atom stereocenters. The summed E-state index contributed by atoms with van der Waals surface area (Å²) in [5.41, 5.74) is 0. The minimum absolute atomic E-state index is 0.936. The third-order valence-electron chi connectivity index (χ3n) is 0.645. The highest BCUT2D eigenvalue weighted by Crippen LogP contribution is 2.07. The fourth-order valence-corrected chi connectivity index (χ4v) is 1.36. The van der Waals surface area contributed by atoms with Crippen LogP contribution in [0.1, 0.15) is 0 Å². The first-order valence-electron chi connectivity index (χ1n) is 2.47. The summed E-state index contributed by atoms with van der Waals surface area (Å²) < 4.78 is 0. The van der Waals surface area contributed by atoms with Gasteiger partial charge in [0.05, 0.1) is 0 Å². The number of hydrogen-bond donors (Lipinski definition) is 2. The van der Waals surface area contributed by atoms with E-state index in [-0.39, 0.29) is 0 Å². The van der Waals surface area contributed by atoms with Crippen molar-refractivity contribution < 1.29 is 0 Å². The molecule has 0 spiro atoms.